The van der Waals surface area contributed by atoms with Crippen molar-refractivity contribution in [2.45, 2.75) is 62.4 Å². The molecule has 6 atom stereocenters. The van der Waals surface area contributed by atoms with E-state index in [1.54, 1.807) is 6.92 Å². The average Bonchev–Trinajstić information content (AvgIpc) is 2.94. The van der Waals surface area contributed by atoms with Crippen molar-refractivity contribution in [3.05, 3.63) is 51.6 Å². The summed E-state index contributed by atoms with van der Waals surface area (Å²) in [6.07, 6.45) is -4.41. The Morgan fingerprint density at radius 1 is 1.14 bits per heavy atom. The highest BCUT2D eigenvalue weighted by Crippen LogP contribution is 2.52. The number of benzene rings is 2. The minimum absolute atomic E-state index is 0.0173. The van der Waals surface area contributed by atoms with Gasteiger partial charge in [-0.25, -0.2) is 0 Å². The molecule has 1 fully saturated rings. The van der Waals surface area contributed by atoms with E-state index in [0.717, 1.165) is 0 Å². The number of aromatic hydroxyl groups is 2. The lowest BCUT2D eigenvalue weighted by atomic mass is 9.72. The first kappa shape index (κ1) is 33.4. The lowest BCUT2D eigenvalue weighted by Gasteiger charge is -2.42. The Morgan fingerprint density at radius 2 is 1.75 bits per heavy atom. The van der Waals surface area contributed by atoms with Gasteiger partial charge in [0.2, 0.25) is 5.78 Å². The summed E-state index contributed by atoms with van der Waals surface area (Å²) in [5, 5.41) is 53.7. The molecule has 16 heteroatoms. The van der Waals surface area contributed by atoms with E-state index in [-0.39, 0.29) is 34.4 Å². The number of aliphatic hydroxyl groups excluding tert-OH is 2. The molecule has 1 saturated heterocycles. The topological polar surface area (TPSA) is 260 Å². The van der Waals surface area contributed by atoms with Gasteiger partial charge in [0, 0.05) is 42.0 Å². The summed E-state index contributed by atoms with van der Waals surface area (Å²) in [5.74, 6) is -3.77. The van der Waals surface area contributed by atoms with Crippen LogP contribution in [0.3, 0.4) is 0 Å². The Morgan fingerprint density at radius 3 is 2.32 bits per heavy atom. The van der Waals surface area contributed by atoms with Gasteiger partial charge in [-0.2, -0.15) is 8.42 Å². The number of ether oxygens (including phenoxy) is 3. The highest BCUT2D eigenvalue weighted by atomic mass is 32.2. The Kier molecular flexibility index (Phi) is 9.21. The number of fused-ring (bicyclic) bond motifs is 3. The number of methoxy groups -OCH3 is 1. The molecule has 3 aliphatic rings. The molecule has 240 valence electrons. The number of Topliss-reactive ketones (excluding diaryl/α,β-unsaturated/α-hetero) is 1. The van der Waals surface area contributed by atoms with E-state index < -0.39 is 106 Å². The van der Waals surface area contributed by atoms with Gasteiger partial charge < -0.3 is 45.5 Å². The summed E-state index contributed by atoms with van der Waals surface area (Å²) in [4.78, 5) is 39.7. The summed E-state index contributed by atoms with van der Waals surface area (Å²) >= 11 is 0. The molecule has 5 rings (SSSR count). The summed E-state index contributed by atoms with van der Waals surface area (Å²) in [6.45, 7) is 0.560. The van der Waals surface area contributed by atoms with Gasteiger partial charge in [0.1, 0.15) is 29.5 Å². The van der Waals surface area contributed by atoms with Gasteiger partial charge in [-0.15, -0.1) is 0 Å². The van der Waals surface area contributed by atoms with Crippen LogP contribution in [0.1, 0.15) is 68.8 Å². The summed E-state index contributed by atoms with van der Waals surface area (Å²) < 4.78 is 42.9. The predicted octanol–water partition coefficient (Wildman–Crippen LogP) is -0.495. The average molecular weight is 640 g/mol. The molecule has 2 aliphatic carbocycles. The van der Waals surface area contributed by atoms with E-state index in [2.05, 4.69) is 0 Å². The van der Waals surface area contributed by atoms with Gasteiger partial charge in [0.05, 0.1) is 48.4 Å². The second kappa shape index (κ2) is 12.1. The number of aliphatic hydroxyl groups is 3. The number of hydrogen-bond acceptors (Lipinski definition) is 14. The minimum Gasteiger partial charge on any atom is -0.507 e. The number of hydrogen-bond donors (Lipinski definition) is 7. The van der Waals surface area contributed by atoms with Gasteiger partial charge in [-0.1, -0.05) is 12.1 Å². The molecule has 44 heavy (non-hydrogen) atoms. The van der Waals surface area contributed by atoms with E-state index in [9.17, 15) is 48.3 Å². The Hall–Kier alpha value is -3.48. The maximum absolute atomic E-state index is 13.6. The van der Waals surface area contributed by atoms with Gasteiger partial charge >= 0.3 is 0 Å². The first-order valence-corrected chi connectivity index (χ1v) is 15.2. The maximum Gasteiger partial charge on any atom is 0.261 e. The fourth-order valence-electron chi connectivity index (χ4n) is 5.75. The molecule has 2 aromatic carbocycles. The van der Waals surface area contributed by atoms with E-state index in [0.29, 0.717) is 6.26 Å². The second-order valence-corrected chi connectivity index (χ2v) is 12.4. The van der Waals surface area contributed by atoms with Crippen molar-refractivity contribution < 1.29 is 67.1 Å². The minimum atomic E-state index is -3.67. The van der Waals surface area contributed by atoms with E-state index in [4.69, 9.17) is 24.5 Å². The summed E-state index contributed by atoms with van der Waals surface area (Å²) in [6, 6.07) is 3.64. The van der Waals surface area contributed by atoms with Crippen molar-refractivity contribution in [1.29, 1.82) is 0 Å². The van der Waals surface area contributed by atoms with Crippen molar-refractivity contribution >= 4 is 27.5 Å². The van der Waals surface area contributed by atoms with Crippen LogP contribution in [0.15, 0.2) is 18.2 Å². The van der Waals surface area contributed by atoms with E-state index >= 15 is 0 Å². The lowest BCUT2D eigenvalue weighted by molar-refractivity contribution is -0.247. The third-order valence-corrected chi connectivity index (χ3v) is 7.81. The molecular weight excluding hydrogens is 606 g/mol. The van der Waals surface area contributed by atoms with Crippen LogP contribution in [0, 0.1) is 0 Å². The molecule has 15 nitrogen and oxygen atoms in total. The highest BCUT2D eigenvalue weighted by molar-refractivity contribution is 7.85. The quantitative estimate of drug-likeness (QED) is 0.137. The van der Waals surface area contributed by atoms with Crippen LogP contribution >= 0.6 is 0 Å². The van der Waals surface area contributed by atoms with Crippen molar-refractivity contribution in [1.82, 2.24) is 0 Å². The number of carbonyl (C=O) groups is 3. The molecule has 0 bridgehead atoms. The monoisotopic (exact) mass is 639 g/mol. The Balaban J connectivity index is 0.000000818. The van der Waals surface area contributed by atoms with Crippen molar-refractivity contribution in [3.63, 3.8) is 0 Å². The number of nitrogens with two attached hydrogens (primary N) is 1. The zero-order chi connectivity index (χ0) is 32.9. The fraction of sp³-hybridized carbons (Fsp3) is 0.464. The normalized spacial score (nSPS) is 27.8. The zero-order valence-corrected chi connectivity index (χ0v) is 24.7. The molecule has 2 aromatic rings. The largest absolute Gasteiger partial charge is 0.507 e. The van der Waals surface area contributed by atoms with Gasteiger partial charge in [0.15, 0.2) is 17.9 Å². The van der Waals surface area contributed by atoms with Crippen LogP contribution in [0.2, 0.25) is 0 Å². The van der Waals surface area contributed by atoms with E-state index in [1.165, 1.54) is 25.3 Å². The molecule has 0 amide bonds. The number of ketones is 3. The van der Waals surface area contributed by atoms with Crippen molar-refractivity contribution in [2.24, 2.45) is 5.73 Å². The van der Waals surface area contributed by atoms with Crippen LogP contribution in [0.5, 0.6) is 17.2 Å². The standard InChI is InChI=1S/C27H29NO11.CH4O3S/c1-10-22(31)13(28)6-17(38-10)39-15-8-27(36,16(30)9-29)7-12-19(15)26(35)21-20(24(12)33)23(32)11-4-3-5-14(37-2)18(11)25(21)34;1-5(2,3)4/h3-5,10,13,15,17,22,29,31,33,35-36H,6-9,28H2,1-2H3;1H3,(H,2,3,4)/t10-,13-,15-,17-,22-,27-;/m0./s1. The van der Waals surface area contributed by atoms with Gasteiger partial charge in [-0.05, 0) is 13.0 Å². The molecule has 0 radical (unpaired) electrons. The molecule has 0 spiro atoms. The fourth-order valence-corrected chi connectivity index (χ4v) is 5.75. The Labute approximate surface area is 251 Å². The summed E-state index contributed by atoms with van der Waals surface area (Å²) in [5.41, 5.74) is 2.37. The van der Waals surface area contributed by atoms with Crippen LogP contribution in [-0.2, 0) is 30.8 Å². The zero-order valence-electron chi connectivity index (χ0n) is 23.9. The maximum atomic E-state index is 13.6. The van der Waals surface area contributed by atoms with Crippen molar-refractivity contribution in [2.75, 3.05) is 20.0 Å². The molecule has 0 saturated carbocycles. The summed E-state index contributed by atoms with van der Waals surface area (Å²) in [7, 11) is -2.34. The van der Waals surface area contributed by atoms with Crippen LogP contribution in [-0.4, -0.2) is 106 Å². The predicted molar refractivity (Wildman–Crippen MR) is 149 cm³/mol. The van der Waals surface area contributed by atoms with Gasteiger partial charge in [0.25, 0.3) is 10.1 Å². The third kappa shape index (κ3) is 6.07. The molecule has 0 unspecified atom stereocenters. The number of rotatable bonds is 5. The highest BCUT2D eigenvalue weighted by Gasteiger charge is 2.50. The number of phenols is 2. The molecule has 1 aliphatic heterocycles. The first-order chi connectivity index (χ1) is 20.4. The third-order valence-electron chi connectivity index (χ3n) is 7.81. The van der Waals surface area contributed by atoms with Crippen molar-refractivity contribution in [3.8, 4) is 17.2 Å². The molecular formula is C28H33NO14S. The molecule has 8 N–H and O–H groups in total. The Bertz CT molecular complexity index is 1600. The lowest BCUT2D eigenvalue weighted by Crippen LogP contribution is -2.53. The van der Waals surface area contributed by atoms with E-state index in [1.807, 2.05) is 0 Å². The van der Waals surface area contributed by atoms with Crippen LogP contribution in [0.4, 0.5) is 0 Å². The molecule has 1 heterocycles. The van der Waals surface area contributed by atoms with Crippen LogP contribution < -0.4 is 10.5 Å². The number of carbonyl (C=O) groups excluding carboxylic acids is 3. The second-order valence-electron chi connectivity index (χ2n) is 10.9. The van der Waals surface area contributed by atoms with Crippen LogP contribution in [0.25, 0.3) is 0 Å². The molecule has 0 aromatic heterocycles. The number of phenolic OH excluding ortho intramolecular Hbond substituents is 2. The SMILES string of the molecule is COc1cccc2c1C(=O)c1c(O)c3c(c(O)c1C2=O)C[C@@](O)(C(=O)CO)C[C@@H]3O[C@H]1C[C@H](N)[C@@H](O)[C@H](C)O1.CS(=O)(=O)O. The smallest absolute Gasteiger partial charge is 0.261 e. The van der Waals surface area contributed by atoms with Gasteiger partial charge in [-0.3, -0.25) is 18.9 Å². The first-order valence-electron chi connectivity index (χ1n) is 13.3.